The van der Waals surface area contributed by atoms with E-state index in [1.165, 1.54) is 57.6 Å². The minimum absolute atomic E-state index is 0.0822. The number of rotatable bonds is 9. The van der Waals surface area contributed by atoms with E-state index in [1.807, 2.05) is 0 Å². The maximum atomic E-state index is 13.3. The minimum Gasteiger partial charge on any atom is -0.469 e. The van der Waals surface area contributed by atoms with Crippen LogP contribution in [0.15, 0.2) is 47.4 Å². The third-order valence-corrected chi connectivity index (χ3v) is 7.32. The van der Waals surface area contributed by atoms with E-state index in [0.29, 0.717) is 23.3 Å². The van der Waals surface area contributed by atoms with E-state index in [0.717, 1.165) is 9.82 Å². The number of benzene rings is 2. The van der Waals surface area contributed by atoms with Crippen LogP contribution in [0.2, 0.25) is 0 Å². The SMILES string of the molecule is COC(=O)CC(NC(=O)CCc1nc2cc(S(=O)(=O)N(C)C)ccc2n1C)c1ccc(F)cc1. The van der Waals surface area contributed by atoms with Crippen LogP contribution < -0.4 is 5.32 Å². The monoisotopic (exact) mass is 490 g/mol. The predicted octanol–water partition coefficient (Wildman–Crippen LogP) is 2.32. The topological polar surface area (TPSA) is 111 Å². The Morgan fingerprint density at radius 1 is 1.18 bits per heavy atom. The average Bonchev–Trinajstić information content (AvgIpc) is 3.12. The van der Waals surface area contributed by atoms with Crippen LogP contribution in [0.1, 0.15) is 30.3 Å². The summed E-state index contributed by atoms with van der Waals surface area (Å²) in [5.74, 6) is -0.638. The van der Waals surface area contributed by atoms with Crippen LogP contribution in [0.3, 0.4) is 0 Å². The van der Waals surface area contributed by atoms with Gasteiger partial charge in [-0.3, -0.25) is 9.59 Å². The number of esters is 1. The molecule has 3 aromatic rings. The summed E-state index contributed by atoms with van der Waals surface area (Å²) in [5.41, 5.74) is 1.83. The number of fused-ring (bicyclic) bond motifs is 1. The molecule has 0 radical (unpaired) electrons. The Morgan fingerprint density at radius 3 is 2.47 bits per heavy atom. The number of methoxy groups -OCH3 is 1. The summed E-state index contributed by atoms with van der Waals surface area (Å²) in [6, 6.07) is 9.59. The predicted molar refractivity (Wildman–Crippen MR) is 124 cm³/mol. The standard InChI is InChI=1S/C23H27FN4O5S/c1-27(2)34(31,32)17-9-10-20-19(13-17)25-21(28(20)3)11-12-22(29)26-18(14-23(30)33-4)15-5-7-16(24)8-6-15/h5-10,13,18H,11-12,14H2,1-4H3,(H,26,29). The number of imidazole rings is 1. The molecule has 0 saturated carbocycles. The van der Waals surface area contributed by atoms with Crippen molar-refractivity contribution in [3.63, 3.8) is 0 Å². The molecule has 0 aliphatic carbocycles. The lowest BCUT2D eigenvalue weighted by Crippen LogP contribution is -2.30. The lowest BCUT2D eigenvalue weighted by molar-refractivity contribution is -0.141. The molecule has 1 aromatic heterocycles. The largest absolute Gasteiger partial charge is 0.469 e. The number of aryl methyl sites for hydroxylation is 2. The number of amides is 1. The van der Waals surface area contributed by atoms with Gasteiger partial charge in [0.25, 0.3) is 0 Å². The van der Waals surface area contributed by atoms with Crippen LogP contribution in [-0.4, -0.2) is 55.4 Å². The number of sulfonamides is 1. The second-order valence-corrected chi connectivity index (χ2v) is 10.1. The van der Waals surface area contributed by atoms with Crippen LogP contribution in [-0.2, 0) is 37.8 Å². The second-order valence-electron chi connectivity index (χ2n) is 7.98. The van der Waals surface area contributed by atoms with Gasteiger partial charge in [0.1, 0.15) is 11.6 Å². The molecule has 182 valence electrons. The molecular weight excluding hydrogens is 463 g/mol. The molecule has 1 heterocycles. The highest BCUT2D eigenvalue weighted by Gasteiger charge is 2.21. The van der Waals surface area contributed by atoms with Crippen molar-refractivity contribution >= 4 is 32.9 Å². The molecule has 9 nitrogen and oxygen atoms in total. The van der Waals surface area contributed by atoms with Crippen molar-refractivity contribution in [3.05, 3.63) is 59.7 Å². The number of ether oxygens (including phenoxy) is 1. The molecule has 0 spiro atoms. The molecule has 0 saturated heterocycles. The summed E-state index contributed by atoms with van der Waals surface area (Å²) in [4.78, 5) is 29.1. The zero-order valence-electron chi connectivity index (χ0n) is 19.4. The van der Waals surface area contributed by atoms with Crippen molar-refractivity contribution in [2.45, 2.75) is 30.2 Å². The average molecular weight is 491 g/mol. The molecule has 0 aliphatic rings. The summed E-state index contributed by atoms with van der Waals surface area (Å²) in [7, 11) is 2.38. The Balaban J connectivity index is 1.74. The number of nitrogens with zero attached hydrogens (tertiary/aromatic N) is 3. The number of nitrogens with one attached hydrogen (secondary N) is 1. The van der Waals surface area contributed by atoms with Crippen LogP contribution in [0, 0.1) is 5.82 Å². The fourth-order valence-corrected chi connectivity index (χ4v) is 4.44. The van der Waals surface area contributed by atoms with Gasteiger partial charge in [-0.15, -0.1) is 0 Å². The summed E-state index contributed by atoms with van der Waals surface area (Å²) in [6.07, 6.45) is 0.281. The van der Waals surface area contributed by atoms with E-state index in [4.69, 9.17) is 4.74 Å². The van der Waals surface area contributed by atoms with Gasteiger partial charge in [0, 0.05) is 34.0 Å². The summed E-state index contributed by atoms with van der Waals surface area (Å²) < 4.78 is 45.7. The van der Waals surface area contributed by atoms with Gasteiger partial charge in [-0.05, 0) is 35.9 Å². The fourth-order valence-electron chi connectivity index (χ4n) is 3.51. The Kier molecular flexibility index (Phi) is 7.68. The lowest BCUT2D eigenvalue weighted by atomic mass is 10.0. The normalized spacial score (nSPS) is 12.6. The van der Waals surface area contributed by atoms with Crippen molar-refractivity contribution < 1.29 is 27.1 Å². The molecular formula is C23H27FN4O5S. The van der Waals surface area contributed by atoms with Crippen molar-refractivity contribution in [2.75, 3.05) is 21.2 Å². The smallest absolute Gasteiger partial charge is 0.307 e. The van der Waals surface area contributed by atoms with Crippen LogP contribution in [0.4, 0.5) is 4.39 Å². The van der Waals surface area contributed by atoms with E-state index < -0.39 is 27.9 Å². The number of carbonyl (C=O) groups is 2. The minimum atomic E-state index is -3.59. The maximum Gasteiger partial charge on any atom is 0.307 e. The lowest BCUT2D eigenvalue weighted by Gasteiger charge is -2.18. The molecule has 1 atom stereocenters. The van der Waals surface area contributed by atoms with Gasteiger partial charge < -0.3 is 14.6 Å². The van der Waals surface area contributed by atoms with Gasteiger partial charge in [-0.25, -0.2) is 22.1 Å². The maximum absolute atomic E-state index is 13.3. The zero-order chi connectivity index (χ0) is 25.0. The van der Waals surface area contributed by atoms with Gasteiger partial charge in [-0.1, -0.05) is 12.1 Å². The summed E-state index contributed by atoms with van der Waals surface area (Å²) >= 11 is 0. The van der Waals surface area contributed by atoms with Crippen LogP contribution >= 0.6 is 0 Å². The van der Waals surface area contributed by atoms with Crippen molar-refractivity contribution in [3.8, 4) is 0 Å². The Hall–Kier alpha value is -3.31. The highest BCUT2D eigenvalue weighted by Crippen LogP contribution is 2.22. The van der Waals surface area contributed by atoms with E-state index in [2.05, 4.69) is 10.3 Å². The third kappa shape index (κ3) is 5.60. The summed E-state index contributed by atoms with van der Waals surface area (Å²) in [6.45, 7) is 0. The van der Waals surface area contributed by atoms with E-state index in [9.17, 15) is 22.4 Å². The van der Waals surface area contributed by atoms with Crippen molar-refractivity contribution in [2.24, 2.45) is 7.05 Å². The first-order chi connectivity index (χ1) is 16.0. The molecule has 34 heavy (non-hydrogen) atoms. The molecule has 0 fully saturated rings. The van der Waals surface area contributed by atoms with Gasteiger partial charge in [0.15, 0.2) is 0 Å². The van der Waals surface area contributed by atoms with Gasteiger partial charge in [0.2, 0.25) is 15.9 Å². The number of hydrogen-bond acceptors (Lipinski definition) is 6. The van der Waals surface area contributed by atoms with Crippen molar-refractivity contribution in [1.82, 2.24) is 19.2 Å². The number of hydrogen-bond donors (Lipinski definition) is 1. The fraction of sp³-hybridized carbons (Fsp3) is 0.348. The molecule has 1 amide bonds. The summed E-state index contributed by atoms with van der Waals surface area (Å²) in [5, 5.41) is 2.80. The molecule has 2 aromatic carbocycles. The molecule has 1 unspecified atom stereocenters. The van der Waals surface area contributed by atoms with Crippen molar-refractivity contribution in [1.29, 1.82) is 0 Å². The quantitative estimate of drug-likeness (QED) is 0.461. The first-order valence-corrected chi connectivity index (χ1v) is 12.0. The molecule has 1 N–H and O–H groups in total. The first-order valence-electron chi connectivity index (χ1n) is 10.5. The van der Waals surface area contributed by atoms with E-state index in [1.54, 1.807) is 17.7 Å². The van der Waals surface area contributed by atoms with E-state index in [-0.39, 0.29) is 23.6 Å². The van der Waals surface area contributed by atoms with Crippen LogP contribution in [0.25, 0.3) is 11.0 Å². The van der Waals surface area contributed by atoms with Gasteiger partial charge in [-0.2, -0.15) is 0 Å². The van der Waals surface area contributed by atoms with E-state index >= 15 is 0 Å². The molecule has 3 rings (SSSR count). The highest BCUT2D eigenvalue weighted by atomic mass is 32.2. The molecule has 0 aliphatic heterocycles. The third-order valence-electron chi connectivity index (χ3n) is 5.51. The number of aromatic nitrogens is 2. The first kappa shape index (κ1) is 25.3. The Morgan fingerprint density at radius 2 is 1.85 bits per heavy atom. The number of carbonyl (C=O) groups excluding carboxylic acids is 2. The van der Waals surface area contributed by atoms with Gasteiger partial charge in [0.05, 0.1) is 35.5 Å². The second kappa shape index (κ2) is 10.3. The molecule has 0 bridgehead atoms. The van der Waals surface area contributed by atoms with Gasteiger partial charge >= 0.3 is 5.97 Å². The molecule has 11 heteroatoms. The van der Waals surface area contributed by atoms with Crippen LogP contribution in [0.5, 0.6) is 0 Å². The number of halogens is 1. The zero-order valence-corrected chi connectivity index (χ0v) is 20.2. The Labute approximate surface area is 197 Å². The Bertz CT molecular complexity index is 1300. The highest BCUT2D eigenvalue weighted by molar-refractivity contribution is 7.89.